The van der Waals surface area contributed by atoms with Crippen molar-refractivity contribution in [3.63, 3.8) is 0 Å². The van der Waals surface area contributed by atoms with Crippen LogP contribution in [0.4, 0.5) is 0 Å². The smallest absolute Gasteiger partial charge is 0.0541 e. The summed E-state index contributed by atoms with van der Waals surface area (Å²) in [5, 5.41) is 7.61. The maximum Gasteiger partial charge on any atom is 0.0541 e. The number of para-hydroxylation sites is 3. The number of hydrogen-bond donors (Lipinski definition) is 0. The van der Waals surface area contributed by atoms with Crippen molar-refractivity contribution >= 4 is 54.4 Å². The van der Waals surface area contributed by atoms with Gasteiger partial charge in [0.2, 0.25) is 0 Å². The Morgan fingerprint density at radius 1 is 0.273 bits per heavy atom. The van der Waals surface area contributed by atoms with Crippen molar-refractivity contribution in [2.75, 3.05) is 0 Å². The lowest BCUT2D eigenvalue weighted by molar-refractivity contribution is 0.652. The standard InChI is InChI=1S/C64H46N2/c1-63(2)55-35-43(41-25-30-61-53(33-41)49-18-10-12-20-59(49)65(61)45-16-6-5-7-17-45)23-28-47(55)51-37-58-52(38-57(51)63)48-29-24-44(36-56(48)64(58,3)4)42-26-31-62-54(34-42)50-19-11-13-21-60(50)66(62)46-27-22-39-14-8-9-15-40(39)32-46/h5-38H,1-4H3. The summed E-state index contributed by atoms with van der Waals surface area (Å²) in [5.41, 5.74) is 23.0. The third-order valence-corrected chi connectivity index (χ3v) is 15.5. The Hall–Kier alpha value is -7.94. The first kappa shape index (κ1) is 37.4. The van der Waals surface area contributed by atoms with Gasteiger partial charge in [0, 0.05) is 43.7 Å². The quantitative estimate of drug-likeness (QED) is 0.167. The van der Waals surface area contributed by atoms with Crippen molar-refractivity contribution in [2.45, 2.75) is 38.5 Å². The van der Waals surface area contributed by atoms with Crippen molar-refractivity contribution in [1.29, 1.82) is 0 Å². The SMILES string of the molecule is CC1(C)c2cc(-c3ccc4c(c3)c3ccccc3n4-c3ccccc3)ccc2-c2cc3c(cc21)-c1ccc(-c2ccc4c(c2)c2ccccc2n4-c2ccc4ccccc4c2)cc1C3(C)C. The minimum absolute atomic E-state index is 0.155. The Balaban J connectivity index is 0.833. The van der Waals surface area contributed by atoms with Crippen LogP contribution >= 0.6 is 0 Å². The van der Waals surface area contributed by atoms with E-state index >= 15 is 0 Å². The molecule has 10 aromatic carbocycles. The fourth-order valence-corrected chi connectivity index (χ4v) is 12.1. The van der Waals surface area contributed by atoms with Gasteiger partial charge in [-0.1, -0.05) is 149 Å². The Labute approximate surface area is 384 Å². The number of hydrogen-bond acceptors (Lipinski definition) is 0. The molecular weight excluding hydrogens is 797 g/mol. The molecule has 0 bridgehead atoms. The zero-order valence-corrected chi connectivity index (χ0v) is 37.5. The van der Waals surface area contributed by atoms with Crippen LogP contribution in [0.5, 0.6) is 0 Å². The van der Waals surface area contributed by atoms with Gasteiger partial charge in [-0.15, -0.1) is 0 Å². The summed E-state index contributed by atoms with van der Waals surface area (Å²) in [6.45, 7) is 9.68. The second kappa shape index (κ2) is 13.3. The molecule has 0 atom stereocenters. The van der Waals surface area contributed by atoms with E-state index in [0.717, 1.165) is 0 Å². The average Bonchev–Trinajstić information content (AvgIpc) is 4.01. The molecule has 2 nitrogen and oxygen atoms in total. The van der Waals surface area contributed by atoms with Crippen molar-refractivity contribution in [2.24, 2.45) is 0 Å². The lowest BCUT2D eigenvalue weighted by atomic mass is 9.79. The molecule has 312 valence electrons. The van der Waals surface area contributed by atoms with Crippen molar-refractivity contribution < 1.29 is 0 Å². The van der Waals surface area contributed by atoms with Gasteiger partial charge in [0.05, 0.1) is 22.1 Å². The summed E-state index contributed by atoms with van der Waals surface area (Å²) in [6.07, 6.45) is 0. The van der Waals surface area contributed by atoms with E-state index in [-0.39, 0.29) is 10.8 Å². The molecule has 0 amide bonds. The first-order chi connectivity index (χ1) is 32.2. The molecule has 12 aromatic rings. The topological polar surface area (TPSA) is 9.86 Å². The van der Waals surface area contributed by atoms with Gasteiger partial charge in [-0.25, -0.2) is 0 Å². The summed E-state index contributed by atoms with van der Waals surface area (Å²) in [4.78, 5) is 0. The van der Waals surface area contributed by atoms with E-state index < -0.39 is 0 Å². The Morgan fingerprint density at radius 2 is 0.697 bits per heavy atom. The van der Waals surface area contributed by atoms with Crippen LogP contribution in [0.15, 0.2) is 206 Å². The van der Waals surface area contributed by atoms with Gasteiger partial charge in [-0.2, -0.15) is 0 Å². The molecule has 0 spiro atoms. The van der Waals surface area contributed by atoms with Crippen LogP contribution in [0.2, 0.25) is 0 Å². The van der Waals surface area contributed by atoms with Gasteiger partial charge < -0.3 is 9.13 Å². The number of nitrogens with zero attached hydrogens (tertiary/aromatic N) is 2. The molecule has 2 aromatic heterocycles. The monoisotopic (exact) mass is 842 g/mol. The molecule has 66 heavy (non-hydrogen) atoms. The summed E-state index contributed by atoms with van der Waals surface area (Å²) in [5.74, 6) is 0. The van der Waals surface area contributed by atoms with Crippen LogP contribution in [-0.4, -0.2) is 9.13 Å². The highest BCUT2D eigenvalue weighted by Crippen LogP contribution is 2.57. The first-order valence-electron chi connectivity index (χ1n) is 23.3. The van der Waals surface area contributed by atoms with Crippen molar-refractivity contribution in [1.82, 2.24) is 9.13 Å². The maximum absolute atomic E-state index is 2.54. The fraction of sp³-hybridized carbons (Fsp3) is 0.0938. The zero-order chi connectivity index (χ0) is 44.1. The molecule has 0 fully saturated rings. The molecule has 0 N–H and O–H groups in total. The molecule has 2 heteroatoms. The van der Waals surface area contributed by atoms with E-state index in [4.69, 9.17) is 0 Å². The minimum Gasteiger partial charge on any atom is -0.309 e. The molecule has 0 saturated carbocycles. The zero-order valence-electron chi connectivity index (χ0n) is 37.5. The highest BCUT2D eigenvalue weighted by atomic mass is 15.0. The number of benzene rings is 10. The predicted octanol–water partition coefficient (Wildman–Crippen LogP) is 17.0. The second-order valence-electron chi connectivity index (χ2n) is 19.8. The van der Waals surface area contributed by atoms with Gasteiger partial charge in [-0.3, -0.25) is 0 Å². The van der Waals surface area contributed by atoms with Crippen LogP contribution in [0.1, 0.15) is 49.9 Å². The summed E-state index contributed by atoms with van der Waals surface area (Å²) < 4.78 is 4.82. The van der Waals surface area contributed by atoms with Gasteiger partial charge in [0.15, 0.2) is 0 Å². The molecule has 0 unspecified atom stereocenters. The van der Waals surface area contributed by atoms with E-state index in [0.29, 0.717) is 0 Å². The van der Waals surface area contributed by atoms with E-state index in [9.17, 15) is 0 Å². The van der Waals surface area contributed by atoms with E-state index in [1.807, 2.05) is 0 Å². The number of fused-ring (bicyclic) bond motifs is 13. The molecule has 0 aliphatic heterocycles. The molecule has 2 aliphatic rings. The highest BCUT2D eigenvalue weighted by molar-refractivity contribution is 6.12. The molecule has 0 saturated heterocycles. The molecule has 2 heterocycles. The number of rotatable bonds is 4. The lowest BCUT2D eigenvalue weighted by Crippen LogP contribution is -2.17. The average molecular weight is 843 g/mol. The third kappa shape index (κ3) is 5.13. The van der Waals surface area contributed by atoms with Crippen molar-refractivity contribution in [3.8, 4) is 55.9 Å². The third-order valence-electron chi connectivity index (χ3n) is 15.5. The largest absolute Gasteiger partial charge is 0.309 e. The van der Waals surface area contributed by atoms with E-state index in [2.05, 4.69) is 243 Å². The highest BCUT2D eigenvalue weighted by Gasteiger charge is 2.42. The van der Waals surface area contributed by atoms with Gasteiger partial charge in [-0.05, 0) is 162 Å². The van der Waals surface area contributed by atoms with Gasteiger partial charge in [0.25, 0.3) is 0 Å². The number of aromatic nitrogens is 2. The van der Waals surface area contributed by atoms with Crippen LogP contribution in [0.25, 0.3) is 110 Å². The summed E-state index contributed by atoms with van der Waals surface area (Å²) >= 11 is 0. The Morgan fingerprint density at radius 3 is 1.26 bits per heavy atom. The van der Waals surface area contributed by atoms with E-state index in [1.165, 1.54) is 133 Å². The molecule has 14 rings (SSSR count). The Bertz CT molecular complexity index is 4040. The second-order valence-corrected chi connectivity index (χ2v) is 19.8. The maximum atomic E-state index is 2.54. The summed E-state index contributed by atoms with van der Waals surface area (Å²) in [7, 11) is 0. The lowest BCUT2D eigenvalue weighted by Gasteiger charge is -2.24. The van der Waals surface area contributed by atoms with E-state index in [1.54, 1.807) is 0 Å². The Kier molecular flexibility index (Phi) is 7.55. The van der Waals surface area contributed by atoms with Crippen LogP contribution < -0.4 is 0 Å². The molecule has 0 radical (unpaired) electrons. The predicted molar refractivity (Wildman–Crippen MR) is 279 cm³/mol. The normalized spacial score (nSPS) is 14.3. The minimum atomic E-state index is -0.160. The van der Waals surface area contributed by atoms with Crippen LogP contribution in [0.3, 0.4) is 0 Å². The fourth-order valence-electron chi connectivity index (χ4n) is 12.1. The van der Waals surface area contributed by atoms with Gasteiger partial charge in [0.1, 0.15) is 0 Å². The van der Waals surface area contributed by atoms with Crippen molar-refractivity contribution in [3.05, 3.63) is 229 Å². The molecule has 2 aliphatic carbocycles. The van der Waals surface area contributed by atoms with Crippen LogP contribution in [0, 0.1) is 0 Å². The first-order valence-corrected chi connectivity index (χ1v) is 23.3. The summed E-state index contributed by atoms with van der Waals surface area (Å²) in [6, 6.07) is 77.4. The van der Waals surface area contributed by atoms with Gasteiger partial charge >= 0.3 is 0 Å². The van der Waals surface area contributed by atoms with Crippen LogP contribution in [-0.2, 0) is 10.8 Å². The molecular formula is C64H46N2.